The molecule has 1 N–H and O–H groups in total. The number of benzene rings is 1. The van der Waals surface area contributed by atoms with Crippen LogP contribution in [0.25, 0.3) is 0 Å². The summed E-state index contributed by atoms with van der Waals surface area (Å²) in [6.45, 7) is 3.67. The van der Waals surface area contributed by atoms with E-state index in [2.05, 4.69) is 5.32 Å². The largest absolute Gasteiger partial charge is 0.522 e. The third kappa shape index (κ3) is 5.43. The van der Waals surface area contributed by atoms with Gasteiger partial charge < -0.3 is 14.8 Å². The van der Waals surface area contributed by atoms with Gasteiger partial charge in [-0.1, -0.05) is 17.7 Å². The number of aryl methyl sites for hydroxylation is 1. The van der Waals surface area contributed by atoms with Crippen LogP contribution < -0.4 is 5.32 Å². The number of hydrogen-bond acceptors (Lipinski definition) is 7. The molecule has 1 amide bonds. The first-order chi connectivity index (χ1) is 15.8. The van der Waals surface area contributed by atoms with Crippen molar-refractivity contribution in [2.24, 2.45) is 0 Å². The Morgan fingerprint density at radius 3 is 2.58 bits per heavy atom. The van der Waals surface area contributed by atoms with Crippen LogP contribution in [0.15, 0.2) is 52.6 Å². The average Bonchev–Trinajstić information content (AvgIpc) is 3.34. The maximum Gasteiger partial charge on any atom is 0.522 e. The van der Waals surface area contributed by atoms with E-state index in [-0.39, 0.29) is 47.5 Å². The SMILES string of the molecule is Cc1ccc(S(=O)(=O)C[N+]2(C(=O)OC3=CCCC(C(=O)[C@@H]4CCCN4)=C3)CCOCC2)cc1. The van der Waals surface area contributed by atoms with Crippen LogP contribution in [-0.2, 0) is 24.1 Å². The Morgan fingerprint density at radius 2 is 1.91 bits per heavy atom. The van der Waals surface area contributed by atoms with Gasteiger partial charge in [0, 0.05) is 5.57 Å². The number of Topliss-reactive ketones (excluding diaryl/α,β-unsaturated/α-hetero) is 1. The summed E-state index contributed by atoms with van der Waals surface area (Å²) in [6.07, 6.45) is 5.76. The lowest BCUT2D eigenvalue weighted by molar-refractivity contribution is -0.854. The molecule has 2 heterocycles. The first-order valence-corrected chi connectivity index (χ1v) is 13.1. The number of nitrogens with zero attached hydrogens (tertiary/aromatic N) is 1. The molecule has 0 radical (unpaired) electrons. The van der Waals surface area contributed by atoms with E-state index in [9.17, 15) is 18.0 Å². The number of hydrogen-bond donors (Lipinski definition) is 1. The highest BCUT2D eigenvalue weighted by Gasteiger charge is 2.45. The maximum atomic E-state index is 13.3. The van der Waals surface area contributed by atoms with Gasteiger partial charge in [-0.3, -0.25) is 4.79 Å². The predicted octanol–water partition coefficient (Wildman–Crippen LogP) is 2.64. The molecule has 3 aliphatic rings. The number of sulfone groups is 1. The second-order valence-electron chi connectivity index (χ2n) is 8.96. The highest BCUT2D eigenvalue weighted by molar-refractivity contribution is 7.91. The molecule has 1 aromatic rings. The van der Waals surface area contributed by atoms with Crippen LogP contribution in [0.5, 0.6) is 0 Å². The lowest BCUT2D eigenvalue weighted by Crippen LogP contribution is -2.60. The smallest absolute Gasteiger partial charge is 0.381 e. The molecule has 2 fully saturated rings. The number of rotatable bonds is 6. The molecule has 0 saturated carbocycles. The molecule has 8 nitrogen and oxygen atoms in total. The molecule has 1 aromatic carbocycles. The molecule has 1 aliphatic carbocycles. The average molecular weight is 476 g/mol. The Kier molecular flexibility index (Phi) is 7.13. The van der Waals surface area contributed by atoms with E-state index in [1.807, 2.05) is 6.92 Å². The molecule has 0 unspecified atom stereocenters. The van der Waals surface area contributed by atoms with Crippen molar-refractivity contribution in [2.45, 2.75) is 43.5 Å². The van der Waals surface area contributed by atoms with Gasteiger partial charge in [-0.25, -0.2) is 12.9 Å². The third-order valence-corrected chi connectivity index (χ3v) is 8.31. The molecule has 2 aliphatic heterocycles. The van der Waals surface area contributed by atoms with E-state index in [0.717, 1.165) is 24.9 Å². The van der Waals surface area contributed by atoms with Crippen molar-refractivity contribution in [1.82, 2.24) is 5.32 Å². The number of morpholine rings is 1. The van der Waals surface area contributed by atoms with Crippen molar-refractivity contribution in [1.29, 1.82) is 0 Å². The molecule has 0 bridgehead atoms. The highest BCUT2D eigenvalue weighted by atomic mass is 32.2. The monoisotopic (exact) mass is 475 g/mol. The van der Waals surface area contributed by atoms with Crippen LogP contribution in [0, 0.1) is 6.92 Å². The zero-order chi connectivity index (χ0) is 23.5. The number of quaternary nitrogens is 1. The van der Waals surface area contributed by atoms with Crippen molar-refractivity contribution in [3.8, 4) is 0 Å². The number of allylic oxidation sites excluding steroid dienone is 2. The Balaban J connectivity index is 1.52. The first kappa shape index (κ1) is 23.8. The first-order valence-electron chi connectivity index (χ1n) is 11.4. The van der Waals surface area contributed by atoms with Crippen molar-refractivity contribution >= 4 is 21.7 Å². The minimum absolute atomic E-state index is 0.0476. The fourth-order valence-corrected chi connectivity index (χ4v) is 6.18. The van der Waals surface area contributed by atoms with E-state index < -0.39 is 21.8 Å². The second kappa shape index (κ2) is 9.89. The van der Waals surface area contributed by atoms with Crippen LogP contribution in [0.3, 0.4) is 0 Å². The van der Waals surface area contributed by atoms with Crippen LogP contribution in [0.2, 0.25) is 0 Å². The van der Waals surface area contributed by atoms with Crippen LogP contribution >= 0.6 is 0 Å². The second-order valence-corrected chi connectivity index (χ2v) is 10.9. The van der Waals surface area contributed by atoms with Crippen LogP contribution in [0.1, 0.15) is 31.2 Å². The number of nitrogens with one attached hydrogen (secondary N) is 1. The summed E-state index contributed by atoms with van der Waals surface area (Å²) >= 11 is 0. The summed E-state index contributed by atoms with van der Waals surface area (Å²) < 4.78 is 37.1. The molecular formula is C24H31N2O6S+. The Labute approximate surface area is 194 Å². The molecule has 2 saturated heterocycles. The quantitative estimate of drug-likeness (QED) is 0.632. The zero-order valence-corrected chi connectivity index (χ0v) is 19.7. The van der Waals surface area contributed by atoms with Crippen molar-refractivity contribution < 1.29 is 32.0 Å². The molecule has 9 heteroatoms. The van der Waals surface area contributed by atoms with Gasteiger partial charge in [-0.2, -0.15) is 4.79 Å². The Bertz CT molecular complexity index is 1060. The minimum Gasteiger partial charge on any atom is -0.381 e. The third-order valence-electron chi connectivity index (χ3n) is 6.49. The van der Waals surface area contributed by atoms with Gasteiger partial charge in [0.15, 0.2) is 11.7 Å². The topological polar surface area (TPSA) is 98.8 Å². The molecule has 0 spiro atoms. The number of ketones is 1. The lowest BCUT2D eigenvalue weighted by Gasteiger charge is -2.36. The van der Waals surface area contributed by atoms with Crippen molar-refractivity contribution in [2.75, 3.05) is 38.7 Å². The molecule has 1 atom stereocenters. The molecular weight excluding hydrogens is 444 g/mol. The number of amides is 1. The van der Waals surface area contributed by atoms with E-state index in [1.165, 1.54) is 0 Å². The molecule has 0 aromatic heterocycles. The zero-order valence-electron chi connectivity index (χ0n) is 18.9. The lowest BCUT2D eigenvalue weighted by atomic mass is 9.95. The maximum absolute atomic E-state index is 13.3. The predicted molar refractivity (Wildman–Crippen MR) is 122 cm³/mol. The molecule has 4 rings (SSSR count). The van der Waals surface area contributed by atoms with Gasteiger partial charge in [-0.15, -0.1) is 0 Å². The van der Waals surface area contributed by atoms with Crippen LogP contribution in [-0.4, -0.2) is 69.5 Å². The number of carbonyl (C=O) groups is 2. The summed E-state index contributed by atoms with van der Waals surface area (Å²) in [7, 11) is -3.74. The van der Waals surface area contributed by atoms with Gasteiger partial charge in [-0.05, 0) is 63.4 Å². The van der Waals surface area contributed by atoms with E-state index in [0.29, 0.717) is 24.2 Å². The van der Waals surface area contributed by atoms with Gasteiger partial charge in [0.2, 0.25) is 9.84 Å². The molecule has 33 heavy (non-hydrogen) atoms. The summed E-state index contributed by atoms with van der Waals surface area (Å²) in [5.74, 6) is -0.0387. The van der Waals surface area contributed by atoms with Gasteiger partial charge in [0.1, 0.15) is 18.8 Å². The minimum atomic E-state index is -3.74. The van der Waals surface area contributed by atoms with Gasteiger partial charge >= 0.3 is 6.09 Å². The van der Waals surface area contributed by atoms with Gasteiger partial charge in [0.25, 0.3) is 0 Å². The summed E-state index contributed by atoms with van der Waals surface area (Å²) in [4.78, 5) is 26.3. The Hall–Kier alpha value is -2.33. The molecule has 178 valence electrons. The number of ether oxygens (including phenoxy) is 2. The van der Waals surface area contributed by atoms with Gasteiger partial charge in [0.05, 0.1) is 24.2 Å². The van der Waals surface area contributed by atoms with E-state index in [4.69, 9.17) is 9.47 Å². The van der Waals surface area contributed by atoms with E-state index in [1.54, 1.807) is 36.4 Å². The summed E-state index contributed by atoms with van der Waals surface area (Å²) in [5.41, 5.74) is 1.60. The summed E-state index contributed by atoms with van der Waals surface area (Å²) in [6, 6.07) is 6.43. The fraction of sp³-hybridized carbons (Fsp3) is 0.500. The van der Waals surface area contributed by atoms with E-state index >= 15 is 0 Å². The van der Waals surface area contributed by atoms with Crippen molar-refractivity contribution in [3.05, 3.63) is 53.3 Å². The highest BCUT2D eigenvalue weighted by Crippen LogP contribution is 2.26. The number of carbonyl (C=O) groups excluding carboxylic acids is 2. The van der Waals surface area contributed by atoms with Crippen LogP contribution in [0.4, 0.5) is 4.79 Å². The normalized spacial score (nSPS) is 22.9. The fourth-order valence-electron chi connectivity index (χ4n) is 4.47. The van der Waals surface area contributed by atoms with Crippen molar-refractivity contribution in [3.63, 3.8) is 0 Å². The standard InChI is InChI=1S/C24H31N2O6S/c1-18-7-9-21(10-8-18)33(29,30)17-26(12-14-31-15-13-26)24(28)32-20-5-2-4-19(16-20)23(27)22-6-3-11-25-22/h5,7-10,16,22,25H,2-4,6,11-15,17H2,1H3/q+1/t22-/m0/s1. The summed E-state index contributed by atoms with van der Waals surface area (Å²) in [5, 5.41) is 3.21. The Morgan fingerprint density at radius 1 is 1.18 bits per heavy atom.